The highest BCUT2D eigenvalue weighted by Gasteiger charge is 2.27. The first-order chi connectivity index (χ1) is 7.29. The minimum absolute atomic E-state index is 0.617. The summed E-state index contributed by atoms with van der Waals surface area (Å²) < 4.78 is 0. The van der Waals surface area contributed by atoms with Gasteiger partial charge in [0.05, 0.1) is 0 Å². The van der Waals surface area contributed by atoms with E-state index >= 15 is 0 Å². The van der Waals surface area contributed by atoms with Gasteiger partial charge in [0.2, 0.25) is 0 Å². The molecule has 0 aliphatic heterocycles. The lowest BCUT2D eigenvalue weighted by Crippen LogP contribution is -2.46. The molecule has 0 atom stereocenters. The molecule has 0 radical (unpaired) electrons. The molecule has 0 amide bonds. The molecule has 0 bridgehead atoms. The highest BCUT2D eigenvalue weighted by atomic mass is 16.3. The normalized spacial score (nSPS) is 20.1. The van der Waals surface area contributed by atoms with Crippen LogP contribution in [0.5, 0.6) is 0 Å². The Balaban J connectivity index is 1.87. The van der Waals surface area contributed by atoms with Crippen LogP contribution in [-0.4, -0.2) is 10.8 Å². The van der Waals surface area contributed by atoms with Crippen molar-refractivity contribution in [1.29, 1.82) is 0 Å². The average molecular weight is 205 g/mol. The lowest BCUT2D eigenvalue weighted by atomic mass is 9.91. The first-order valence-corrected chi connectivity index (χ1v) is 5.80. The highest BCUT2D eigenvalue weighted by Crippen LogP contribution is 2.25. The van der Waals surface area contributed by atoms with E-state index in [2.05, 4.69) is 17.4 Å². The third-order valence-electron chi connectivity index (χ3n) is 3.15. The predicted octanol–water partition coefficient (Wildman–Crippen LogP) is 2.43. The SMILES string of the molecule is OC1(NCc2ccccc2)CCCCC1. The lowest BCUT2D eigenvalue weighted by molar-refractivity contribution is -0.0296. The summed E-state index contributed by atoms with van der Waals surface area (Å²) in [6.07, 6.45) is 5.31. The summed E-state index contributed by atoms with van der Waals surface area (Å²) in [6, 6.07) is 10.2. The second kappa shape index (κ2) is 4.77. The third-order valence-corrected chi connectivity index (χ3v) is 3.15. The van der Waals surface area contributed by atoms with Crippen LogP contribution < -0.4 is 5.32 Å². The summed E-state index contributed by atoms with van der Waals surface area (Å²) in [5.74, 6) is 0. The van der Waals surface area contributed by atoms with Gasteiger partial charge in [-0.05, 0) is 31.2 Å². The van der Waals surface area contributed by atoms with Crippen LogP contribution in [0.2, 0.25) is 0 Å². The molecule has 0 aromatic heterocycles. The topological polar surface area (TPSA) is 32.3 Å². The molecule has 1 fully saturated rings. The summed E-state index contributed by atoms with van der Waals surface area (Å²) >= 11 is 0. The monoisotopic (exact) mass is 205 g/mol. The zero-order valence-corrected chi connectivity index (χ0v) is 9.08. The van der Waals surface area contributed by atoms with Crippen molar-refractivity contribution in [3.63, 3.8) is 0 Å². The Labute approximate surface area is 91.3 Å². The van der Waals surface area contributed by atoms with E-state index in [9.17, 15) is 5.11 Å². The van der Waals surface area contributed by atoms with Crippen molar-refractivity contribution in [2.45, 2.75) is 44.4 Å². The van der Waals surface area contributed by atoms with Gasteiger partial charge in [0, 0.05) is 6.54 Å². The summed E-state index contributed by atoms with van der Waals surface area (Å²) in [6.45, 7) is 0.761. The Hall–Kier alpha value is -0.860. The van der Waals surface area contributed by atoms with Crippen LogP contribution >= 0.6 is 0 Å². The van der Waals surface area contributed by atoms with Crippen LogP contribution in [0.15, 0.2) is 30.3 Å². The Bertz CT molecular complexity index is 291. The van der Waals surface area contributed by atoms with Crippen LogP contribution in [0.4, 0.5) is 0 Å². The van der Waals surface area contributed by atoms with E-state index in [4.69, 9.17) is 0 Å². The van der Waals surface area contributed by atoms with Gasteiger partial charge in [-0.2, -0.15) is 0 Å². The predicted molar refractivity (Wildman–Crippen MR) is 61.3 cm³/mol. The van der Waals surface area contributed by atoms with Crippen molar-refractivity contribution >= 4 is 0 Å². The lowest BCUT2D eigenvalue weighted by Gasteiger charge is -2.33. The number of aliphatic hydroxyl groups is 1. The Kier molecular flexibility index (Phi) is 3.39. The molecule has 2 rings (SSSR count). The van der Waals surface area contributed by atoms with Gasteiger partial charge in [0.25, 0.3) is 0 Å². The minimum Gasteiger partial charge on any atom is -0.376 e. The molecule has 1 aliphatic carbocycles. The van der Waals surface area contributed by atoms with Gasteiger partial charge in [-0.25, -0.2) is 0 Å². The maximum absolute atomic E-state index is 10.2. The summed E-state index contributed by atoms with van der Waals surface area (Å²) in [5, 5.41) is 13.5. The largest absolute Gasteiger partial charge is 0.376 e. The fraction of sp³-hybridized carbons (Fsp3) is 0.538. The van der Waals surface area contributed by atoms with E-state index in [1.807, 2.05) is 18.2 Å². The fourth-order valence-electron chi connectivity index (χ4n) is 2.18. The average Bonchev–Trinajstić information content (AvgIpc) is 2.29. The number of rotatable bonds is 3. The molecule has 1 saturated carbocycles. The van der Waals surface area contributed by atoms with E-state index in [1.54, 1.807) is 0 Å². The van der Waals surface area contributed by atoms with Gasteiger partial charge in [-0.1, -0.05) is 36.8 Å². The van der Waals surface area contributed by atoms with Crippen LogP contribution in [-0.2, 0) is 6.54 Å². The summed E-state index contributed by atoms with van der Waals surface area (Å²) in [4.78, 5) is 0. The molecule has 1 aliphatic rings. The van der Waals surface area contributed by atoms with E-state index in [0.717, 1.165) is 32.2 Å². The molecule has 82 valence electrons. The third kappa shape index (κ3) is 3.05. The van der Waals surface area contributed by atoms with Crippen molar-refractivity contribution in [3.8, 4) is 0 Å². The Morgan fingerprint density at radius 2 is 1.73 bits per heavy atom. The van der Waals surface area contributed by atoms with E-state index in [1.165, 1.54) is 12.0 Å². The number of benzene rings is 1. The van der Waals surface area contributed by atoms with Crippen molar-refractivity contribution in [2.75, 3.05) is 0 Å². The maximum atomic E-state index is 10.2. The molecular formula is C13H19NO. The molecule has 2 nitrogen and oxygen atoms in total. The first-order valence-electron chi connectivity index (χ1n) is 5.80. The fourth-order valence-corrected chi connectivity index (χ4v) is 2.18. The zero-order valence-electron chi connectivity index (χ0n) is 9.08. The van der Waals surface area contributed by atoms with Gasteiger partial charge in [0.15, 0.2) is 0 Å². The summed E-state index contributed by atoms with van der Waals surface area (Å²) in [5.41, 5.74) is 0.616. The van der Waals surface area contributed by atoms with Gasteiger partial charge in [0.1, 0.15) is 5.72 Å². The minimum atomic E-state index is -0.617. The first kappa shape index (κ1) is 10.7. The maximum Gasteiger partial charge on any atom is 0.116 e. The van der Waals surface area contributed by atoms with Crippen LogP contribution in [0.25, 0.3) is 0 Å². The van der Waals surface area contributed by atoms with Crippen LogP contribution in [0.1, 0.15) is 37.7 Å². The quantitative estimate of drug-likeness (QED) is 0.743. The van der Waals surface area contributed by atoms with E-state index in [0.29, 0.717) is 0 Å². The van der Waals surface area contributed by atoms with Gasteiger partial charge >= 0.3 is 0 Å². The van der Waals surface area contributed by atoms with Crippen molar-refractivity contribution < 1.29 is 5.11 Å². The smallest absolute Gasteiger partial charge is 0.116 e. The van der Waals surface area contributed by atoms with Crippen molar-refractivity contribution in [3.05, 3.63) is 35.9 Å². The zero-order chi connectivity index (χ0) is 10.6. The van der Waals surface area contributed by atoms with Crippen LogP contribution in [0, 0.1) is 0 Å². The second-order valence-corrected chi connectivity index (χ2v) is 4.43. The molecule has 0 saturated heterocycles. The number of hydrogen-bond acceptors (Lipinski definition) is 2. The van der Waals surface area contributed by atoms with Gasteiger partial charge in [-0.3, -0.25) is 5.32 Å². The van der Waals surface area contributed by atoms with E-state index < -0.39 is 5.72 Å². The Morgan fingerprint density at radius 3 is 2.40 bits per heavy atom. The standard InChI is InChI=1S/C13H19NO/c15-13(9-5-2-6-10-13)14-11-12-7-3-1-4-8-12/h1,3-4,7-8,14-15H,2,5-6,9-11H2. The molecule has 0 unspecified atom stereocenters. The molecule has 2 N–H and O–H groups in total. The van der Waals surface area contributed by atoms with Crippen molar-refractivity contribution in [1.82, 2.24) is 5.32 Å². The molecule has 1 aromatic carbocycles. The van der Waals surface area contributed by atoms with Crippen LogP contribution in [0.3, 0.4) is 0 Å². The van der Waals surface area contributed by atoms with Gasteiger partial charge < -0.3 is 5.11 Å². The molecule has 1 aromatic rings. The van der Waals surface area contributed by atoms with Crippen molar-refractivity contribution in [2.24, 2.45) is 0 Å². The van der Waals surface area contributed by atoms with Gasteiger partial charge in [-0.15, -0.1) is 0 Å². The second-order valence-electron chi connectivity index (χ2n) is 4.43. The molecule has 2 heteroatoms. The highest BCUT2D eigenvalue weighted by molar-refractivity contribution is 5.14. The molecule has 0 heterocycles. The summed E-state index contributed by atoms with van der Waals surface area (Å²) in [7, 11) is 0. The molecule has 0 spiro atoms. The molecular weight excluding hydrogens is 186 g/mol. The number of nitrogens with one attached hydrogen (secondary N) is 1. The number of hydrogen-bond donors (Lipinski definition) is 2. The molecule has 15 heavy (non-hydrogen) atoms. The van der Waals surface area contributed by atoms with E-state index in [-0.39, 0.29) is 0 Å². The Morgan fingerprint density at radius 1 is 1.07 bits per heavy atom.